The second-order valence-electron chi connectivity index (χ2n) is 8.31. The van der Waals surface area contributed by atoms with E-state index in [2.05, 4.69) is 9.97 Å². The highest BCUT2D eigenvalue weighted by Gasteiger charge is 2.46. The van der Waals surface area contributed by atoms with Crippen LogP contribution in [-0.4, -0.2) is 55.9 Å². The van der Waals surface area contributed by atoms with Crippen molar-refractivity contribution in [2.24, 2.45) is 0 Å². The van der Waals surface area contributed by atoms with Crippen LogP contribution in [0.4, 0.5) is 4.39 Å². The molecule has 0 spiro atoms. The van der Waals surface area contributed by atoms with Gasteiger partial charge in [0, 0.05) is 36.7 Å². The van der Waals surface area contributed by atoms with Crippen LogP contribution in [0.3, 0.4) is 0 Å². The number of ketones is 1. The fourth-order valence-corrected chi connectivity index (χ4v) is 4.49. The monoisotopic (exact) mass is 480 g/mol. The van der Waals surface area contributed by atoms with Crippen LogP contribution in [0, 0.1) is 19.7 Å². The Labute approximate surface area is 200 Å². The molecule has 182 valence electrons. The number of nitrogens with zero attached hydrogens (tertiary/aromatic N) is 3. The fraction of sp³-hybridized carbons (Fsp3) is 0.280. The maximum atomic E-state index is 13.7. The van der Waals surface area contributed by atoms with E-state index in [4.69, 9.17) is 4.74 Å². The molecule has 9 nitrogen and oxygen atoms in total. The number of aliphatic hydroxyl groups is 1. The summed E-state index contributed by atoms with van der Waals surface area (Å²) in [5.74, 6) is -3.11. The first-order chi connectivity index (χ1) is 16.7. The van der Waals surface area contributed by atoms with Gasteiger partial charge in [0.1, 0.15) is 17.3 Å². The SMILES string of the molecule is COC(=O)c1[nH]c(C)c(C(O)=C2C(=O)C(=O)N(CCCn3ccnc3)C2c2ccc(F)cc2)c1C. The van der Waals surface area contributed by atoms with Crippen molar-refractivity contribution in [2.45, 2.75) is 32.9 Å². The van der Waals surface area contributed by atoms with Crippen molar-refractivity contribution in [2.75, 3.05) is 13.7 Å². The van der Waals surface area contributed by atoms with Gasteiger partial charge in [-0.05, 0) is 43.5 Å². The van der Waals surface area contributed by atoms with Crippen LogP contribution in [0.5, 0.6) is 0 Å². The summed E-state index contributed by atoms with van der Waals surface area (Å²) >= 11 is 0. The van der Waals surface area contributed by atoms with Crippen molar-refractivity contribution < 1.29 is 28.6 Å². The summed E-state index contributed by atoms with van der Waals surface area (Å²) in [6, 6.07) is 4.53. The zero-order chi connectivity index (χ0) is 25.3. The average Bonchev–Trinajstić information content (AvgIpc) is 3.52. The van der Waals surface area contributed by atoms with Gasteiger partial charge >= 0.3 is 5.97 Å². The number of aromatic amines is 1. The van der Waals surface area contributed by atoms with Crippen LogP contribution in [0.1, 0.15) is 45.3 Å². The molecule has 1 saturated heterocycles. The Balaban J connectivity index is 1.79. The van der Waals surface area contributed by atoms with Crippen LogP contribution in [-0.2, 0) is 20.9 Å². The van der Waals surface area contributed by atoms with Crippen LogP contribution < -0.4 is 0 Å². The third-order valence-electron chi connectivity index (χ3n) is 6.16. The first-order valence-corrected chi connectivity index (χ1v) is 11.0. The first-order valence-electron chi connectivity index (χ1n) is 11.0. The molecule has 10 heteroatoms. The van der Waals surface area contributed by atoms with Crippen molar-refractivity contribution in [1.29, 1.82) is 0 Å². The molecule has 1 aliphatic rings. The summed E-state index contributed by atoms with van der Waals surface area (Å²) in [6.45, 7) is 4.04. The molecular weight excluding hydrogens is 455 g/mol. The lowest BCUT2D eigenvalue weighted by molar-refractivity contribution is -0.139. The summed E-state index contributed by atoms with van der Waals surface area (Å²) in [4.78, 5) is 46.7. The van der Waals surface area contributed by atoms with Gasteiger partial charge in [-0.25, -0.2) is 14.2 Å². The van der Waals surface area contributed by atoms with E-state index >= 15 is 0 Å². The maximum absolute atomic E-state index is 13.7. The number of hydrogen-bond acceptors (Lipinski definition) is 6. The van der Waals surface area contributed by atoms with E-state index < -0.39 is 35.3 Å². The Kier molecular flexibility index (Phi) is 6.54. The molecule has 0 radical (unpaired) electrons. The highest BCUT2D eigenvalue weighted by molar-refractivity contribution is 6.46. The first kappa shape index (κ1) is 23.9. The summed E-state index contributed by atoms with van der Waals surface area (Å²) in [5, 5.41) is 11.3. The Morgan fingerprint density at radius 1 is 1.20 bits per heavy atom. The van der Waals surface area contributed by atoms with E-state index in [0.717, 1.165) is 0 Å². The molecule has 0 aliphatic carbocycles. The molecule has 3 aromatic rings. The quantitative estimate of drug-likeness (QED) is 0.232. The Morgan fingerprint density at radius 3 is 2.54 bits per heavy atom. The number of hydrogen-bond donors (Lipinski definition) is 2. The number of benzene rings is 1. The minimum absolute atomic E-state index is 0.120. The number of rotatable bonds is 7. The number of methoxy groups -OCH3 is 1. The van der Waals surface area contributed by atoms with Crippen LogP contribution in [0.15, 0.2) is 48.6 Å². The lowest BCUT2D eigenvalue weighted by atomic mass is 9.94. The number of amides is 1. The number of halogens is 1. The van der Waals surface area contributed by atoms with Crippen LogP contribution >= 0.6 is 0 Å². The molecular formula is C25H25FN4O5. The maximum Gasteiger partial charge on any atom is 0.354 e. The predicted molar refractivity (Wildman–Crippen MR) is 124 cm³/mol. The van der Waals surface area contributed by atoms with Gasteiger partial charge in [-0.2, -0.15) is 0 Å². The number of likely N-dealkylation sites (tertiary alicyclic amines) is 1. The smallest absolute Gasteiger partial charge is 0.354 e. The van der Waals surface area contributed by atoms with E-state index in [0.29, 0.717) is 29.8 Å². The molecule has 2 N–H and O–H groups in total. The van der Waals surface area contributed by atoms with Crippen molar-refractivity contribution >= 4 is 23.4 Å². The zero-order valence-electron chi connectivity index (χ0n) is 19.5. The molecule has 1 aromatic carbocycles. The second kappa shape index (κ2) is 9.57. The number of ether oxygens (including phenoxy) is 1. The molecule has 1 amide bonds. The van der Waals surface area contributed by atoms with Crippen molar-refractivity contribution in [3.05, 3.63) is 82.5 Å². The number of H-pyrrole nitrogens is 1. The number of imidazole rings is 1. The molecule has 1 aliphatic heterocycles. The Hall–Kier alpha value is -4.21. The number of carbonyl (C=O) groups is 3. The number of esters is 1. The van der Waals surface area contributed by atoms with Crippen molar-refractivity contribution in [1.82, 2.24) is 19.4 Å². The largest absolute Gasteiger partial charge is 0.507 e. The third-order valence-corrected chi connectivity index (χ3v) is 6.16. The van der Waals surface area contributed by atoms with E-state index in [9.17, 15) is 23.9 Å². The number of aromatic nitrogens is 3. The summed E-state index contributed by atoms with van der Waals surface area (Å²) in [6.07, 6.45) is 5.62. The van der Waals surface area contributed by atoms with E-state index in [-0.39, 0.29) is 23.4 Å². The van der Waals surface area contributed by atoms with Crippen LogP contribution in [0.2, 0.25) is 0 Å². The summed E-state index contributed by atoms with van der Waals surface area (Å²) in [7, 11) is 1.24. The van der Waals surface area contributed by atoms with E-state index in [1.807, 2.05) is 4.57 Å². The number of carbonyl (C=O) groups excluding carboxylic acids is 3. The number of aliphatic hydroxyl groups excluding tert-OH is 1. The molecule has 0 bridgehead atoms. The molecule has 4 rings (SSSR count). The molecule has 35 heavy (non-hydrogen) atoms. The standard InChI is InChI=1S/C25H25FN4O5/c1-14-18(15(2)28-20(14)25(34)35-3)22(31)19-21(16-5-7-17(26)8-6-16)30(24(33)23(19)32)11-4-10-29-12-9-27-13-29/h5-9,12-13,21,28,31H,4,10-11H2,1-3H3. The van der Waals surface area contributed by atoms with Gasteiger partial charge in [0.05, 0.1) is 25.1 Å². The topological polar surface area (TPSA) is 118 Å². The number of aryl methyl sites for hydroxylation is 2. The van der Waals surface area contributed by atoms with E-state index in [1.165, 1.54) is 36.3 Å². The van der Waals surface area contributed by atoms with Gasteiger partial charge in [-0.15, -0.1) is 0 Å². The fourth-order valence-electron chi connectivity index (χ4n) is 4.49. The normalized spacial score (nSPS) is 17.3. The van der Waals surface area contributed by atoms with Crippen molar-refractivity contribution in [3.8, 4) is 0 Å². The summed E-state index contributed by atoms with van der Waals surface area (Å²) in [5.41, 5.74) is 1.56. The number of Topliss-reactive ketones (excluding diaryl/α,β-unsaturated/α-hetero) is 1. The minimum atomic E-state index is -0.923. The lowest BCUT2D eigenvalue weighted by Gasteiger charge is -2.25. The van der Waals surface area contributed by atoms with Gasteiger partial charge < -0.3 is 24.3 Å². The molecule has 1 fully saturated rings. The van der Waals surface area contributed by atoms with Crippen LogP contribution in [0.25, 0.3) is 5.76 Å². The Morgan fingerprint density at radius 2 is 1.91 bits per heavy atom. The summed E-state index contributed by atoms with van der Waals surface area (Å²) < 4.78 is 20.3. The van der Waals surface area contributed by atoms with Gasteiger partial charge in [0.15, 0.2) is 0 Å². The second-order valence-corrected chi connectivity index (χ2v) is 8.31. The highest BCUT2D eigenvalue weighted by atomic mass is 19.1. The molecule has 1 unspecified atom stereocenters. The zero-order valence-corrected chi connectivity index (χ0v) is 19.5. The number of nitrogens with one attached hydrogen (secondary N) is 1. The van der Waals surface area contributed by atoms with Gasteiger partial charge in [-0.1, -0.05) is 12.1 Å². The van der Waals surface area contributed by atoms with Gasteiger partial charge in [-0.3, -0.25) is 9.59 Å². The average molecular weight is 480 g/mol. The predicted octanol–water partition coefficient (Wildman–Crippen LogP) is 3.27. The molecule has 1 atom stereocenters. The minimum Gasteiger partial charge on any atom is -0.507 e. The van der Waals surface area contributed by atoms with Gasteiger partial charge in [0.2, 0.25) is 0 Å². The van der Waals surface area contributed by atoms with Gasteiger partial charge in [0.25, 0.3) is 11.7 Å². The Bertz CT molecular complexity index is 1310. The van der Waals surface area contributed by atoms with E-state index in [1.54, 1.807) is 32.6 Å². The molecule has 0 saturated carbocycles. The highest BCUT2D eigenvalue weighted by Crippen LogP contribution is 2.41. The van der Waals surface area contributed by atoms with Crippen molar-refractivity contribution in [3.63, 3.8) is 0 Å². The third kappa shape index (κ3) is 4.34. The molecule has 2 aromatic heterocycles. The lowest BCUT2D eigenvalue weighted by Crippen LogP contribution is -2.31. The molecule has 3 heterocycles.